The van der Waals surface area contributed by atoms with Gasteiger partial charge < -0.3 is 14.2 Å². The van der Waals surface area contributed by atoms with Gasteiger partial charge in [-0.1, -0.05) is 82.7 Å². The molecule has 0 N–H and O–H groups in total. The van der Waals surface area contributed by atoms with E-state index in [1.165, 1.54) is 44.1 Å². The Kier molecular flexibility index (Phi) is 13.6. The third kappa shape index (κ3) is 11.4. The van der Waals surface area contributed by atoms with Crippen LogP contribution in [0.3, 0.4) is 0 Å². The molecule has 144 valence electrons. The standard InChI is InChI=1S/C22H38O3/c1-4-6-8-13-17-23-22(24-18-14-9-7-5-2)20(3)25-19-21-15-11-10-12-16-21/h10-12,15-16,20,22H,4-9,13-14,17-19H2,1-3H3. The molecular weight excluding hydrogens is 312 g/mol. The minimum absolute atomic E-state index is 0.0717. The Morgan fingerprint density at radius 2 is 1.28 bits per heavy atom. The number of ether oxygens (including phenoxy) is 3. The molecule has 0 amide bonds. The van der Waals surface area contributed by atoms with Crippen LogP contribution in [-0.2, 0) is 20.8 Å². The van der Waals surface area contributed by atoms with Crippen molar-refractivity contribution in [3.63, 3.8) is 0 Å². The predicted molar refractivity (Wildman–Crippen MR) is 105 cm³/mol. The second-order valence-corrected chi connectivity index (χ2v) is 6.73. The normalized spacial score (nSPS) is 12.6. The van der Waals surface area contributed by atoms with E-state index >= 15 is 0 Å². The molecule has 1 atom stereocenters. The second-order valence-electron chi connectivity index (χ2n) is 6.73. The molecule has 0 aliphatic rings. The monoisotopic (exact) mass is 350 g/mol. The number of hydrogen-bond donors (Lipinski definition) is 0. The Labute approximate surface area is 155 Å². The average Bonchev–Trinajstić information content (AvgIpc) is 2.65. The number of unbranched alkanes of at least 4 members (excludes halogenated alkanes) is 6. The fourth-order valence-corrected chi connectivity index (χ4v) is 2.66. The van der Waals surface area contributed by atoms with Gasteiger partial charge in [0.25, 0.3) is 0 Å². The maximum atomic E-state index is 6.00. The summed E-state index contributed by atoms with van der Waals surface area (Å²) < 4.78 is 18.0. The fourth-order valence-electron chi connectivity index (χ4n) is 2.66. The van der Waals surface area contributed by atoms with E-state index in [0.29, 0.717) is 6.61 Å². The van der Waals surface area contributed by atoms with E-state index < -0.39 is 0 Å². The van der Waals surface area contributed by atoms with Gasteiger partial charge in [-0.25, -0.2) is 0 Å². The summed E-state index contributed by atoms with van der Waals surface area (Å²) in [6, 6.07) is 10.3. The number of hydrogen-bond acceptors (Lipinski definition) is 3. The third-order valence-corrected chi connectivity index (χ3v) is 4.30. The van der Waals surface area contributed by atoms with E-state index in [-0.39, 0.29) is 12.4 Å². The van der Waals surface area contributed by atoms with Crippen molar-refractivity contribution in [2.75, 3.05) is 13.2 Å². The first kappa shape index (κ1) is 22.1. The highest BCUT2D eigenvalue weighted by Crippen LogP contribution is 2.12. The first-order valence-electron chi connectivity index (χ1n) is 10.2. The Morgan fingerprint density at radius 1 is 0.720 bits per heavy atom. The van der Waals surface area contributed by atoms with E-state index in [1.54, 1.807) is 0 Å². The van der Waals surface area contributed by atoms with Crippen LogP contribution in [0.1, 0.15) is 77.7 Å². The minimum Gasteiger partial charge on any atom is -0.369 e. The Hall–Kier alpha value is -0.900. The lowest BCUT2D eigenvalue weighted by atomic mass is 10.2. The quantitative estimate of drug-likeness (QED) is 0.266. The lowest BCUT2D eigenvalue weighted by molar-refractivity contribution is -0.206. The van der Waals surface area contributed by atoms with Crippen LogP contribution in [0.2, 0.25) is 0 Å². The maximum Gasteiger partial charge on any atom is 0.183 e. The van der Waals surface area contributed by atoms with Crippen molar-refractivity contribution >= 4 is 0 Å². The van der Waals surface area contributed by atoms with Crippen LogP contribution in [0, 0.1) is 0 Å². The van der Waals surface area contributed by atoms with Crippen LogP contribution >= 0.6 is 0 Å². The zero-order valence-corrected chi connectivity index (χ0v) is 16.5. The molecule has 0 aliphatic heterocycles. The van der Waals surface area contributed by atoms with Crippen molar-refractivity contribution in [1.29, 1.82) is 0 Å². The molecular formula is C22H38O3. The summed E-state index contributed by atoms with van der Waals surface area (Å²) in [4.78, 5) is 0. The van der Waals surface area contributed by atoms with Crippen molar-refractivity contribution in [3.05, 3.63) is 35.9 Å². The van der Waals surface area contributed by atoms with Crippen molar-refractivity contribution in [1.82, 2.24) is 0 Å². The van der Waals surface area contributed by atoms with Gasteiger partial charge in [0.05, 0.1) is 6.61 Å². The molecule has 0 saturated carbocycles. The highest BCUT2D eigenvalue weighted by Gasteiger charge is 2.19. The first-order chi connectivity index (χ1) is 12.3. The molecule has 1 aromatic carbocycles. The third-order valence-electron chi connectivity index (χ3n) is 4.30. The molecule has 0 heterocycles. The Morgan fingerprint density at radius 3 is 1.80 bits per heavy atom. The van der Waals surface area contributed by atoms with Crippen molar-refractivity contribution < 1.29 is 14.2 Å². The molecule has 1 aromatic rings. The van der Waals surface area contributed by atoms with Gasteiger partial charge in [-0.15, -0.1) is 0 Å². The van der Waals surface area contributed by atoms with Gasteiger partial charge in [-0.05, 0) is 25.3 Å². The van der Waals surface area contributed by atoms with Gasteiger partial charge >= 0.3 is 0 Å². The lowest BCUT2D eigenvalue weighted by Gasteiger charge is -2.25. The predicted octanol–water partition coefficient (Wildman–Crippen LogP) is 6.11. The van der Waals surface area contributed by atoms with Crippen LogP contribution in [-0.4, -0.2) is 25.6 Å². The van der Waals surface area contributed by atoms with E-state index in [9.17, 15) is 0 Å². The Balaban J connectivity index is 2.35. The first-order valence-corrected chi connectivity index (χ1v) is 10.2. The van der Waals surface area contributed by atoms with Crippen LogP contribution in [0.15, 0.2) is 30.3 Å². The van der Waals surface area contributed by atoms with E-state index in [0.717, 1.165) is 26.1 Å². The smallest absolute Gasteiger partial charge is 0.183 e. The second kappa shape index (κ2) is 15.4. The molecule has 0 fully saturated rings. The highest BCUT2D eigenvalue weighted by molar-refractivity contribution is 5.13. The summed E-state index contributed by atoms with van der Waals surface area (Å²) >= 11 is 0. The molecule has 3 heteroatoms. The molecule has 0 aromatic heterocycles. The summed E-state index contributed by atoms with van der Waals surface area (Å²) in [5.74, 6) is 0. The van der Waals surface area contributed by atoms with E-state index in [1.807, 2.05) is 25.1 Å². The largest absolute Gasteiger partial charge is 0.369 e. The molecule has 25 heavy (non-hydrogen) atoms. The maximum absolute atomic E-state index is 6.00. The SMILES string of the molecule is CCCCCCOC(OCCCCCC)C(C)OCc1ccccc1. The molecule has 1 unspecified atom stereocenters. The highest BCUT2D eigenvalue weighted by atomic mass is 16.7. The van der Waals surface area contributed by atoms with Crippen LogP contribution in [0.25, 0.3) is 0 Å². The van der Waals surface area contributed by atoms with Crippen molar-refractivity contribution in [3.8, 4) is 0 Å². The van der Waals surface area contributed by atoms with Crippen LogP contribution in [0.4, 0.5) is 0 Å². The van der Waals surface area contributed by atoms with Crippen molar-refractivity contribution in [2.45, 2.75) is 91.1 Å². The fraction of sp³-hybridized carbons (Fsp3) is 0.727. The summed E-state index contributed by atoms with van der Waals surface area (Å²) in [6.07, 6.45) is 9.31. The zero-order valence-electron chi connectivity index (χ0n) is 16.5. The Bertz CT molecular complexity index is 380. The van der Waals surface area contributed by atoms with E-state index in [4.69, 9.17) is 14.2 Å². The molecule has 0 radical (unpaired) electrons. The lowest BCUT2D eigenvalue weighted by Crippen LogP contribution is -2.32. The molecule has 0 aliphatic carbocycles. The summed E-state index contributed by atoms with van der Waals surface area (Å²) in [7, 11) is 0. The van der Waals surface area contributed by atoms with Gasteiger partial charge in [0.1, 0.15) is 6.10 Å². The molecule has 1 rings (SSSR count). The summed E-state index contributed by atoms with van der Waals surface area (Å²) in [5, 5.41) is 0. The number of benzene rings is 1. The van der Waals surface area contributed by atoms with Gasteiger partial charge in [-0.3, -0.25) is 0 Å². The summed E-state index contributed by atoms with van der Waals surface area (Å²) in [6.45, 7) is 8.59. The van der Waals surface area contributed by atoms with E-state index in [2.05, 4.69) is 26.0 Å². The topological polar surface area (TPSA) is 27.7 Å². The molecule has 3 nitrogen and oxygen atoms in total. The molecule has 0 spiro atoms. The average molecular weight is 351 g/mol. The zero-order chi connectivity index (χ0) is 18.2. The number of rotatable bonds is 16. The van der Waals surface area contributed by atoms with Gasteiger partial charge in [0, 0.05) is 13.2 Å². The molecule has 0 bridgehead atoms. The summed E-state index contributed by atoms with van der Waals surface area (Å²) in [5.41, 5.74) is 1.18. The molecule has 0 saturated heterocycles. The minimum atomic E-state index is -0.271. The van der Waals surface area contributed by atoms with Gasteiger partial charge in [0.2, 0.25) is 0 Å². The van der Waals surface area contributed by atoms with Crippen molar-refractivity contribution in [2.24, 2.45) is 0 Å². The van der Waals surface area contributed by atoms with Gasteiger partial charge in [-0.2, -0.15) is 0 Å². The van der Waals surface area contributed by atoms with Crippen LogP contribution < -0.4 is 0 Å². The van der Waals surface area contributed by atoms with Crippen LogP contribution in [0.5, 0.6) is 0 Å². The van der Waals surface area contributed by atoms with Gasteiger partial charge in [0.15, 0.2) is 6.29 Å².